The number of aromatic nitrogens is 3. The van der Waals surface area contributed by atoms with Crippen LogP contribution in [-0.2, 0) is 4.74 Å². The monoisotopic (exact) mass is 516 g/mol. The molecule has 0 aliphatic carbocycles. The van der Waals surface area contributed by atoms with Crippen LogP contribution in [0.2, 0.25) is 0 Å². The molecule has 2 N–H and O–H groups in total. The Morgan fingerprint density at radius 3 is 2.58 bits per heavy atom. The molecule has 1 aromatic heterocycles. The van der Waals surface area contributed by atoms with Crippen LogP contribution in [0.15, 0.2) is 52.0 Å². The van der Waals surface area contributed by atoms with E-state index in [0.717, 1.165) is 0 Å². The van der Waals surface area contributed by atoms with Crippen molar-refractivity contribution in [2.75, 3.05) is 41.9 Å². The van der Waals surface area contributed by atoms with E-state index in [-0.39, 0.29) is 23.4 Å². The lowest BCUT2D eigenvalue weighted by molar-refractivity contribution is -0.385. The van der Waals surface area contributed by atoms with Crippen molar-refractivity contribution in [3.63, 3.8) is 0 Å². The first kappa shape index (κ1) is 22.5. The second kappa shape index (κ2) is 10.3. The lowest BCUT2D eigenvalue weighted by Gasteiger charge is -2.27. The number of rotatable bonds is 7. The van der Waals surface area contributed by atoms with Crippen molar-refractivity contribution < 1.29 is 14.1 Å². The Morgan fingerprint density at radius 1 is 1.12 bits per heavy atom. The van der Waals surface area contributed by atoms with Gasteiger partial charge in [-0.25, -0.2) is 9.82 Å². The largest absolute Gasteiger partial charge is 0.378 e. The van der Waals surface area contributed by atoms with Gasteiger partial charge in [-0.1, -0.05) is 6.07 Å². The van der Waals surface area contributed by atoms with Crippen molar-refractivity contribution in [2.45, 2.75) is 0 Å². The summed E-state index contributed by atoms with van der Waals surface area (Å²) in [4.78, 5) is 25.8. The molecule has 0 saturated carbocycles. The van der Waals surface area contributed by atoms with E-state index in [9.17, 15) is 14.5 Å². The zero-order chi connectivity index (χ0) is 23.2. The Morgan fingerprint density at radius 2 is 1.85 bits per heavy atom. The molecule has 0 spiro atoms. The quantitative estimate of drug-likeness (QED) is 0.274. The first-order valence-electron chi connectivity index (χ1n) is 9.82. The maximum atomic E-state index is 13.2. The Labute approximate surface area is 196 Å². The second-order valence-electron chi connectivity index (χ2n) is 6.85. The molecule has 1 aliphatic heterocycles. The van der Waals surface area contributed by atoms with Gasteiger partial charge in [0, 0.05) is 30.4 Å². The Kier molecular flexibility index (Phi) is 7.00. The molecule has 0 radical (unpaired) electrons. The molecule has 170 valence electrons. The summed E-state index contributed by atoms with van der Waals surface area (Å²) in [5.41, 5.74) is 3.79. The lowest BCUT2D eigenvalue weighted by atomic mass is 10.2. The van der Waals surface area contributed by atoms with Crippen LogP contribution in [0.3, 0.4) is 0 Å². The van der Waals surface area contributed by atoms with Crippen LogP contribution in [0.25, 0.3) is 0 Å². The van der Waals surface area contributed by atoms with E-state index >= 15 is 0 Å². The van der Waals surface area contributed by atoms with Crippen molar-refractivity contribution in [1.82, 2.24) is 15.0 Å². The zero-order valence-electron chi connectivity index (χ0n) is 17.1. The van der Waals surface area contributed by atoms with Crippen molar-refractivity contribution in [1.29, 1.82) is 0 Å². The molecule has 1 fully saturated rings. The van der Waals surface area contributed by atoms with Crippen molar-refractivity contribution in [2.24, 2.45) is 5.10 Å². The molecule has 4 rings (SSSR count). The van der Waals surface area contributed by atoms with E-state index < -0.39 is 4.92 Å². The van der Waals surface area contributed by atoms with Gasteiger partial charge in [-0.05, 0) is 46.3 Å². The van der Waals surface area contributed by atoms with Gasteiger partial charge in [-0.15, -0.1) is 0 Å². The predicted octanol–water partition coefficient (Wildman–Crippen LogP) is 3.71. The first-order valence-corrected chi connectivity index (χ1v) is 10.6. The summed E-state index contributed by atoms with van der Waals surface area (Å²) in [6.45, 7) is 2.34. The van der Waals surface area contributed by atoms with Crippen LogP contribution >= 0.6 is 15.9 Å². The fourth-order valence-electron chi connectivity index (χ4n) is 2.95. The smallest absolute Gasteiger partial charge is 0.284 e. The summed E-state index contributed by atoms with van der Waals surface area (Å²) >= 11 is 3.15. The second-order valence-corrected chi connectivity index (χ2v) is 7.71. The molecule has 0 atom stereocenters. The molecule has 2 aromatic carbocycles. The van der Waals surface area contributed by atoms with Crippen molar-refractivity contribution in [3.05, 3.63) is 68.4 Å². The topological polar surface area (TPSA) is 131 Å². The average Bonchev–Trinajstić information content (AvgIpc) is 2.82. The highest BCUT2D eigenvalue weighted by Crippen LogP contribution is 2.25. The maximum absolute atomic E-state index is 13.2. The van der Waals surface area contributed by atoms with Gasteiger partial charge in [0.2, 0.25) is 17.8 Å². The number of benzene rings is 2. The molecule has 1 aliphatic rings. The minimum absolute atomic E-state index is 0.0699. The van der Waals surface area contributed by atoms with E-state index in [1.54, 1.807) is 24.3 Å². The summed E-state index contributed by atoms with van der Waals surface area (Å²) in [5, 5.41) is 18.2. The Hall–Kier alpha value is -3.71. The molecular weight excluding hydrogens is 499 g/mol. The molecule has 3 aromatic rings. The van der Waals surface area contributed by atoms with Crippen LogP contribution in [0.5, 0.6) is 0 Å². The number of nitrogens with one attached hydrogen (secondary N) is 2. The van der Waals surface area contributed by atoms with Crippen LogP contribution in [0, 0.1) is 15.9 Å². The van der Waals surface area contributed by atoms with Gasteiger partial charge in [0.1, 0.15) is 5.82 Å². The predicted molar refractivity (Wildman–Crippen MR) is 125 cm³/mol. The van der Waals surface area contributed by atoms with Crippen molar-refractivity contribution >= 4 is 51.4 Å². The third-order valence-corrected chi connectivity index (χ3v) is 5.23. The van der Waals surface area contributed by atoms with Gasteiger partial charge >= 0.3 is 0 Å². The van der Waals surface area contributed by atoms with Gasteiger partial charge in [-0.2, -0.15) is 20.1 Å². The average molecular weight is 517 g/mol. The maximum Gasteiger partial charge on any atom is 0.284 e. The zero-order valence-corrected chi connectivity index (χ0v) is 18.7. The van der Waals surface area contributed by atoms with Gasteiger partial charge in [-0.3, -0.25) is 10.1 Å². The van der Waals surface area contributed by atoms with E-state index in [0.29, 0.717) is 48.0 Å². The number of halogens is 2. The number of ether oxygens (including phenoxy) is 1. The van der Waals surface area contributed by atoms with E-state index in [1.807, 2.05) is 4.90 Å². The molecule has 13 heteroatoms. The number of morpholine rings is 1. The van der Waals surface area contributed by atoms with Gasteiger partial charge in [0.25, 0.3) is 5.69 Å². The van der Waals surface area contributed by atoms with Gasteiger partial charge in [0.05, 0.1) is 28.8 Å². The number of hydrazone groups is 1. The van der Waals surface area contributed by atoms with E-state index in [2.05, 4.69) is 46.7 Å². The molecule has 1 saturated heterocycles. The third-order valence-electron chi connectivity index (χ3n) is 4.56. The van der Waals surface area contributed by atoms with E-state index in [1.165, 1.54) is 24.4 Å². The first-order chi connectivity index (χ1) is 16.0. The number of hydrogen-bond acceptors (Lipinski definition) is 10. The molecule has 0 bridgehead atoms. The molecule has 11 nitrogen and oxygen atoms in total. The summed E-state index contributed by atoms with van der Waals surface area (Å²) in [7, 11) is 0. The van der Waals surface area contributed by atoms with Crippen LogP contribution in [0.1, 0.15) is 5.56 Å². The third kappa shape index (κ3) is 5.96. The number of anilines is 4. The van der Waals surface area contributed by atoms with Crippen LogP contribution in [0.4, 0.5) is 33.6 Å². The number of nitro groups is 1. The van der Waals surface area contributed by atoms with Gasteiger partial charge < -0.3 is 15.0 Å². The number of nitrogens with zero attached hydrogens (tertiary/aromatic N) is 6. The number of nitro benzene ring substituents is 1. The molecule has 0 amide bonds. The van der Waals surface area contributed by atoms with E-state index in [4.69, 9.17) is 4.74 Å². The SMILES string of the molecule is O=[N+]([O-])c1cc(/C=N/Nc2nc(Nc3ccc(F)cc3)nc(N3CCOCC3)n2)ccc1Br. The Balaban J connectivity index is 1.56. The van der Waals surface area contributed by atoms with Gasteiger partial charge in [0.15, 0.2) is 0 Å². The standard InChI is InChI=1S/C20H18BrFN8O3/c21-16-6-1-13(11-17(16)30(31)32)12-23-28-19-25-18(24-15-4-2-14(22)3-5-15)26-20(27-19)29-7-9-33-10-8-29/h1-6,11-12H,7-10H2,(H2,24,25,26,27,28)/b23-12+. The normalized spacial score (nSPS) is 13.8. The fourth-order valence-corrected chi connectivity index (χ4v) is 3.34. The van der Waals surface area contributed by atoms with Crippen molar-refractivity contribution in [3.8, 4) is 0 Å². The molecule has 2 heterocycles. The fraction of sp³-hybridized carbons (Fsp3) is 0.200. The highest BCUT2D eigenvalue weighted by Gasteiger charge is 2.17. The molecule has 0 unspecified atom stereocenters. The summed E-state index contributed by atoms with van der Waals surface area (Å²) in [5.74, 6) is 0.485. The minimum Gasteiger partial charge on any atom is -0.378 e. The summed E-state index contributed by atoms with van der Waals surface area (Å²) < 4.78 is 19.0. The summed E-state index contributed by atoms with van der Waals surface area (Å²) in [6, 6.07) is 10.4. The lowest BCUT2D eigenvalue weighted by Crippen LogP contribution is -2.37. The molecular formula is C20H18BrFN8O3. The highest BCUT2D eigenvalue weighted by atomic mass is 79.9. The minimum atomic E-state index is -0.483. The number of hydrogen-bond donors (Lipinski definition) is 2. The summed E-state index contributed by atoms with van der Waals surface area (Å²) in [6.07, 6.45) is 1.42. The molecule has 33 heavy (non-hydrogen) atoms. The highest BCUT2D eigenvalue weighted by molar-refractivity contribution is 9.10. The van der Waals surface area contributed by atoms with Crippen LogP contribution in [-0.4, -0.2) is 52.4 Å². The Bertz CT molecular complexity index is 1170. The van der Waals surface area contributed by atoms with Crippen LogP contribution < -0.4 is 15.6 Å².